The van der Waals surface area contributed by atoms with Gasteiger partial charge in [-0.3, -0.25) is 4.98 Å². The van der Waals surface area contributed by atoms with Crippen molar-refractivity contribution >= 4 is 11.6 Å². The lowest BCUT2D eigenvalue weighted by molar-refractivity contribution is 0.178. The van der Waals surface area contributed by atoms with Crippen LogP contribution in [-0.4, -0.2) is 10.1 Å². The third-order valence-electron chi connectivity index (χ3n) is 2.93. The first-order valence-corrected chi connectivity index (χ1v) is 6.29. The molecule has 94 valence electrons. The zero-order chi connectivity index (χ0) is 13.1. The number of hydrogen-bond donors (Lipinski definition) is 1. The van der Waals surface area contributed by atoms with Crippen molar-refractivity contribution in [1.29, 1.82) is 0 Å². The molecule has 0 saturated heterocycles. The quantitative estimate of drug-likeness (QED) is 0.915. The summed E-state index contributed by atoms with van der Waals surface area (Å²) >= 11 is 6.17. The molecule has 1 N–H and O–H groups in total. The zero-order valence-corrected chi connectivity index (χ0v) is 11.3. The summed E-state index contributed by atoms with van der Waals surface area (Å²) in [4.78, 5) is 4.12. The molecule has 2 nitrogen and oxygen atoms in total. The zero-order valence-electron chi connectivity index (χ0n) is 10.5. The van der Waals surface area contributed by atoms with Crippen molar-refractivity contribution in [3.8, 4) is 0 Å². The predicted octanol–water partition coefficient (Wildman–Crippen LogP) is 3.63. The van der Waals surface area contributed by atoms with Crippen LogP contribution < -0.4 is 0 Å². The Labute approximate surface area is 112 Å². The van der Waals surface area contributed by atoms with E-state index in [2.05, 4.69) is 4.98 Å². The van der Waals surface area contributed by atoms with Gasteiger partial charge in [0.25, 0.3) is 0 Å². The average molecular weight is 262 g/mol. The maximum absolute atomic E-state index is 10.2. The van der Waals surface area contributed by atoms with Gasteiger partial charge in [-0.1, -0.05) is 23.7 Å². The number of nitrogens with zero attached hydrogens (tertiary/aromatic N) is 1. The first kappa shape index (κ1) is 13.1. The predicted molar refractivity (Wildman–Crippen MR) is 73.8 cm³/mol. The Morgan fingerprint density at radius 3 is 2.67 bits per heavy atom. The Hall–Kier alpha value is -1.38. The van der Waals surface area contributed by atoms with Crippen LogP contribution in [0.2, 0.25) is 5.02 Å². The van der Waals surface area contributed by atoms with Crippen molar-refractivity contribution < 1.29 is 5.11 Å². The Bertz CT molecular complexity index is 554. The molecule has 0 aliphatic rings. The third-order valence-corrected chi connectivity index (χ3v) is 3.28. The van der Waals surface area contributed by atoms with Crippen molar-refractivity contribution in [2.24, 2.45) is 0 Å². The molecule has 1 aromatic carbocycles. The second-order valence-electron chi connectivity index (χ2n) is 4.55. The Morgan fingerprint density at radius 1 is 1.22 bits per heavy atom. The Kier molecular flexibility index (Phi) is 4.00. The van der Waals surface area contributed by atoms with Gasteiger partial charge in [0.05, 0.1) is 6.10 Å². The SMILES string of the molecule is Cc1ccc(CC(O)c2ccnc(C)c2)c(Cl)c1. The van der Waals surface area contributed by atoms with E-state index in [4.69, 9.17) is 11.6 Å². The van der Waals surface area contributed by atoms with Crippen molar-refractivity contribution in [2.75, 3.05) is 0 Å². The van der Waals surface area contributed by atoms with E-state index in [0.29, 0.717) is 11.4 Å². The fourth-order valence-electron chi connectivity index (χ4n) is 1.92. The molecule has 2 rings (SSSR count). The summed E-state index contributed by atoms with van der Waals surface area (Å²) in [7, 11) is 0. The molecule has 0 radical (unpaired) electrons. The summed E-state index contributed by atoms with van der Waals surface area (Å²) in [5.74, 6) is 0. The molecule has 18 heavy (non-hydrogen) atoms. The number of aliphatic hydroxyl groups is 1. The molecule has 0 bridgehead atoms. The Morgan fingerprint density at radius 2 is 2.00 bits per heavy atom. The first-order chi connectivity index (χ1) is 8.56. The van der Waals surface area contributed by atoms with Crippen LogP contribution in [0.5, 0.6) is 0 Å². The molecule has 1 atom stereocenters. The smallest absolute Gasteiger partial charge is 0.0832 e. The van der Waals surface area contributed by atoms with E-state index in [9.17, 15) is 5.11 Å². The van der Waals surface area contributed by atoms with Gasteiger partial charge in [0.15, 0.2) is 0 Å². The highest BCUT2D eigenvalue weighted by molar-refractivity contribution is 6.31. The summed E-state index contributed by atoms with van der Waals surface area (Å²) in [5, 5.41) is 10.9. The fraction of sp³-hybridized carbons (Fsp3) is 0.267. The first-order valence-electron chi connectivity index (χ1n) is 5.92. The number of aromatic nitrogens is 1. The lowest BCUT2D eigenvalue weighted by Gasteiger charge is -2.13. The molecule has 1 unspecified atom stereocenters. The summed E-state index contributed by atoms with van der Waals surface area (Å²) < 4.78 is 0. The van der Waals surface area contributed by atoms with E-state index in [1.54, 1.807) is 6.20 Å². The lowest BCUT2D eigenvalue weighted by Crippen LogP contribution is -2.03. The van der Waals surface area contributed by atoms with Crippen LogP contribution in [0, 0.1) is 13.8 Å². The fourth-order valence-corrected chi connectivity index (χ4v) is 2.23. The lowest BCUT2D eigenvalue weighted by atomic mass is 10.0. The maximum Gasteiger partial charge on any atom is 0.0832 e. The Balaban J connectivity index is 2.18. The molecule has 0 aliphatic heterocycles. The maximum atomic E-state index is 10.2. The van der Waals surface area contributed by atoms with Crippen LogP contribution in [0.1, 0.15) is 28.5 Å². The van der Waals surface area contributed by atoms with Gasteiger partial charge in [0.1, 0.15) is 0 Å². The van der Waals surface area contributed by atoms with Crippen LogP contribution in [0.25, 0.3) is 0 Å². The summed E-state index contributed by atoms with van der Waals surface area (Å²) in [6.07, 6.45) is 1.68. The third kappa shape index (κ3) is 3.09. The molecule has 2 aromatic rings. The second kappa shape index (κ2) is 5.51. The molecule has 0 spiro atoms. The molecular formula is C15H16ClNO. The summed E-state index contributed by atoms with van der Waals surface area (Å²) in [5.41, 5.74) is 3.86. The topological polar surface area (TPSA) is 33.1 Å². The van der Waals surface area contributed by atoms with Crippen LogP contribution in [0.4, 0.5) is 0 Å². The minimum Gasteiger partial charge on any atom is -0.388 e. The van der Waals surface area contributed by atoms with Crippen molar-refractivity contribution in [1.82, 2.24) is 4.98 Å². The van der Waals surface area contributed by atoms with Gasteiger partial charge in [-0.2, -0.15) is 0 Å². The van der Waals surface area contributed by atoms with Gasteiger partial charge < -0.3 is 5.11 Å². The molecule has 0 aliphatic carbocycles. The molecule has 0 saturated carbocycles. The normalized spacial score (nSPS) is 12.4. The molecule has 0 amide bonds. The average Bonchev–Trinajstić information content (AvgIpc) is 2.32. The number of benzene rings is 1. The van der Waals surface area contributed by atoms with Crippen molar-refractivity contribution in [3.05, 3.63) is 63.9 Å². The van der Waals surface area contributed by atoms with Gasteiger partial charge in [0, 0.05) is 23.3 Å². The van der Waals surface area contributed by atoms with Crippen LogP contribution in [0.15, 0.2) is 36.5 Å². The van der Waals surface area contributed by atoms with E-state index >= 15 is 0 Å². The van der Waals surface area contributed by atoms with Gasteiger partial charge in [0.2, 0.25) is 0 Å². The molecule has 1 heterocycles. The number of aryl methyl sites for hydroxylation is 2. The van der Waals surface area contributed by atoms with Crippen molar-refractivity contribution in [3.63, 3.8) is 0 Å². The monoisotopic (exact) mass is 261 g/mol. The molecular weight excluding hydrogens is 246 g/mol. The van der Waals surface area contributed by atoms with Gasteiger partial charge >= 0.3 is 0 Å². The van der Waals surface area contributed by atoms with E-state index < -0.39 is 6.10 Å². The van der Waals surface area contributed by atoms with E-state index in [-0.39, 0.29) is 0 Å². The highest BCUT2D eigenvalue weighted by Crippen LogP contribution is 2.24. The minimum atomic E-state index is -0.549. The van der Waals surface area contributed by atoms with E-state index in [1.807, 2.05) is 44.2 Å². The standard InChI is InChI=1S/C15H16ClNO/c1-10-3-4-12(14(16)7-10)9-15(18)13-5-6-17-11(2)8-13/h3-8,15,18H,9H2,1-2H3. The highest BCUT2D eigenvalue weighted by Gasteiger charge is 2.11. The van der Waals surface area contributed by atoms with Crippen LogP contribution in [0.3, 0.4) is 0 Å². The summed E-state index contributed by atoms with van der Waals surface area (Å²) in [6.45, 7) is 3.91. The van der Waals surface area contributed by atoms with Crippen molar-refractivity contribution in [2.45, 2.75) is 26.4 Å². The van der Waals surface area contributed by atoms with Crippen LogP contribution in [-0.2, 0) is 6.42 Å². The number of rotatable bonds is 3. The van der Waals surface area contributed by atoms with E-state index in [1.165, 1.54) is 0 Å². The molecule has 3 heteroatoms. The molecule has 0 fully saturated rings. The van der Waals surface area contributed by atoms with Gasteiger partial charge in [-0.25, -0.2) is 0 Å². The number of hydrogen-bond acceptors (Lipinski definition) is 2. The second-order valence-corrected chi connectivity index (χ2v) is 4.95. The largest absolute Gasteiger partial charge is 0.388 e. The van der Waals surface area contributed by atoms with Gasteiger partial charge in [-0.15, -0.1) is 0 Å². The van der Waals surface area contributed by atoms with E-state index in [0.717, 1.165) is 22.4 Å². The highest BCUT2D eigenvalue weighted by atomic mass is 35.5. The number of halogens is 1. The minimum absolute atomic E-state index is 0.516. The number of pyridine rings is 1. The summed E-state index contributed by atoms with van der Waals surface area (Å²) in [6, 6.07) is 9.62. The van der Waals surface area contributed by atoms with Gasteiger partial charge in [-0.05, 0) is 48.7 Å². The van der Waals surface area contributed by atoms with Crippen LogP contribution >= 0.6 is 11.6 Å². The number of aliphatic hydroxyl groups excluding tert-OH is 1. The molecule has 1 aromatic heterocycles.